The highest BCUT2D eigenvalue weighted by molar-refractivity contribution is 5.79. The number of aliphatic imine (C=N–C) groups is 1. The maximum absolute atomic E-state index is 13.6. The third-order valence-electron chi connectivity index (χ3n) is 4.95. The van der Waals surface area contributed by atoms with Gasteiger partial charge in [-0.05, 0) is 62.0 Å². The van der Waals surface area contributed by atoms with Gasteiger partial charge in [0.15, 0.2) is 5.96 Å². The molecule has 0 saturated heterocycles. The van der Waals surface area contributed by atoms with Gasteiger partial charge in [0, 0.05) is 32.5 Å². The first-order valence-corrected chi connectivity index (χ1v) is 10.0. The van der Waals surface area contributed by atoms with Crippen molar-refractivity contribution < 1.29 is 4.39 Å². The van der Waals surface area contributed by atoms with Crippen molar-refractivity contribution in [1.82, 2.24) is 25.3 Å². The molecule has 0 aliphatic heterocycles. The summed E-state index contributed by atoms with van der Waals surface area (Å²) in [4.78, 5) is 6.37. The lowest BCUT2D eigenvalue weighted by molar-refractivity contribution is 0.297. The Morgan fingerprint density at radius 3 is 2.57 bits per heavy atom. The largest absolute Gasteiger partial charge is 0.356 e. The molecule has 0 bridgehead atoms. The average Bonchev–Trinajstić information content (AvgIpc) is 3.28. The Balaban J connectivity index is 1.49. The number of benzene rings is 2. The van der Waals surface area contributed by atoms with Crippen LogP contribution >= 0.6 is 0 Å². The van der Waals surface area contributed by atoms with Crippen LogP contribution < -0.4 is 10.6 Å². The molecule has 0 amide bonds. The molecule has 1 unspecified atom stereocenters. The molecule has 0 saturated carbocycles. The van der Waals surface area contributed by atoms with Crippen LogP contribution in [0.4, 0.5) is 4.39 Å². The fourth-order valence-electron chi connectivity index (χ4n) is 3.29. The van der Waals surface area contributed by atoms with Crippen LogP contribution in [-0.4, -0.2) is 54.9 Å². The Bertz CT molecular complexity index is 935. The fourth-order valence-corrected chi connectivity index (χ4v) is 3.29. The van der Waals surface area contributed by atoms with Crippen molar-refractivity contribution >= 4 is 5.96 Å². The Labute approximate surface area is 177 Å². The summed E-state index contributed by atoms with van der Waals surface area (Å²) in [7, 11) is 5.72. The quantitative estimate of drug-likeness (QED) is 0.444. The molecule has 1 heterocycles. The first-order valence-electron chi connectivity index (χ1n) is 10.0. The lowest BCUT2D eigenvalue weighted by Crippen LogP contribution is -2.42. The first kappa shape index (κ1) is 21.5. The maximum Gasteiger partial charge on any atom is 0.191 e. The molecule has 0 aliphatic rings. The lowest BCUT2D eigenvalue weighted by Gasteiger charge is -2.26. The molecule has 3 aromatic rings. The average molecular weight is 409 g/mol. The summed E-state index contributed by atoms with van der Waals surface area (Å²) < 4.78 is 15.4. The molecule has 2 N–H and O–H groups in total. The number of aromatic nitrogens is 2. The number of guanidine groups is 1. The third kappa shape index (κ3) is 5.90. The van der Waals surface area contributed by atoms with Gasteiger partial charge in [-0.25, -0.2) is 9.07 Å². The van der Waals surface area contributed by atoms with Crippen LogP contribution in [0.1, 0.15) is 17.2 Å². The normalized spacial score (nSPS) is 12.8. The number of likely N-dealkylation sites (N-methyl/N-ethyl adjacent to an activating group) is 1. The van der Waals surface area contributed by atoms with E-state index in [0.717, 1.165) is 30.2 Å². The zero-order valence-corrected chi connectivity index (χ0v) is 17.7. The Morgan fingerprint density at radius 2 is 1.93 bits per heavy atom. The van der Waals surface area contributed by atoms with Crippen LogP contribution in [0.25, 0.3) is 5.69 Å². The minimum absolute atomic E-state index is 0.0362. The molecule has 0 fully saturated rings. The molecular weight excluding hydrogens is 379 g/mol. The Hall–Kier alpha value is -3.19. The monoisotopic (exact) mass is 408 g/mol. The molecule has 7 heteroatoms. The summed E-state index contributed by atoms with van der Waals surface area (Å²) >= 11 is 0. The van der Waals surface area contributed by atoms with Gasteiger partial charge < -0.3 is 15.5 Å². The molecule has 158 valence electrons. The summed E-state index contributed by atoms with van der Waals surface area (Å²) in [6.07, 6.45) is 4.57. The molecule has 30 heavy (non-hydrogen) atoms. The molecule has 1 aromatic heterocycles. The molecule has 3 rings (SSSR count). The smallest absolute Gasteiger partial charge is 0.191 e. The van der Waals surface area contributed by atoms with Gasteiger partial charge >= 0.3 is 0 Å². The standard InChI is InChI=1S/C23H29FN6/c1-25-23(27-17-22(29(2)3)19-6-4-7-20(24)16-19)26-14-12-18-8-10-21(11-9-18)30-15-5-13-28-30/h4-11,13,15-16,22H,12,14,17H2,1-3H3,(H2,25,26,27). The van der Waals surface area contributed by atoms with Gasteiger partial charge in [-0.1, -0.05) is 24.3 Å². The lowest BCUT2D eigenvalue weighted by atomic mass is 10.1. The SMILES string of the molecule is CN=C(NCCc1ccc(-n2cccn2)cc1)NCC(c1cccc(F)c1)N(C)C. The van der Waals surface area contributed by atoms with Crippen molar-refractivity contribution in [2.45, 2.75) is 12.5 Å². The van der Waals surface area contributed by atoms with Gasteiger partial charge in [-0.15, -0.1) is 0 Å². The van der Waals surface area contributed by atoms with E-state index in [2.05, 4.69) is 49.9 Å². The van der Waals surface area contributed by atoms with Crippen molar-refractivity contribution in [1.29, 1.82) is 0 Å². The third-order valence-corrected chi connectivity index (χ3v) is 4.95. The van der Waals surface area contributed by atoms with Gasteiger partial charge in [-0.3, -0.25) is 4.99 Å². The maximum atomic E-state index is 13.6. The van der Waals surface area contributed by atoms with Crippen molar-refractivity contribution in [3.05, 3.63) is 83.9 Å². The predicted octanol–water partition coefficient (Wildman–Crippen LogP) is 3.02. The number of nitrogens with one attached hydrogen (secondary N) is 2. The van der Waals surface area contributed by atoms with Crippen molar-refractivity contribution in [2.24, 2.45) is 4.99 Å². The highest BCUT2D eigenvalue weighted by atomic mass is 19.1. The molecule has 0 spiro atoms. The van der Waals surface area contributed by atoms with E-state index < -0.39 is 0 Å². The molecule has 6 nitrogen and oxygen atoms in total. The molecule has 1 atom stereocenters. The number of hydrogen-bond donors (Lipinski definition) is 2. The zero-order valence-electron chi connectivity index (χ0n) is 17.7. The number of halogens is 1. The summed E-state index contributed by atoms with van der Waals surface area (Å²) in [6, 6.07) is 17.0. The predicted molar refractivity (Wildman–Crippen MR) is 119 cm³/mol. The zero-order chi connectivity index (χ0) is 21.3. The van der Waals surface area contributed by atoms with Gasteiger partial charge in [-0.2, -0.15) is 5.10 Å². The van der Waals surface area contributed by atoms with Crippen LogP contribution in [0.2, 0.25) is 0 Å². The van der Waals surface area contributed by atoms with Gasteiger partial charge in [0.2, 0.25) is 0 Å². The summed E-state index contributed by atoms with van der Waals surface area (Å²) in [5.74, 6) is 0.506. The van der Waals surface area contributed by atoms with E-state index in [-0.39, 0.29) is 11.9 Å². The van der Waals surface area contributed by atoms with E-state index in [1.165, 1.54) is 11.6 Å². The van der Waals surface area contributed by atoms with E-state index >= 15 is 0 Å². The van der Waals surface area contributed by atoms with Crippen molar-refractivity contribution in [2.75, 3.05) is 34.2 Å². The first-order chi connectivity index (χ1) is 14.6. The molecule has 2 aromatic carbocycles. The topological polar surface area (TPSA) is 57.5 Å². The second-order valence-electron chi connectivity index (χ2n) is 7.28. The number of nitrogens with zero attached hydrogens (tertiary/aromatic N) is 4. The van der Waals surface area contributed by atoms with Crippen molar-refractivity contribution in [3.63, 3.8) is 0 Å². The van der Waals surface area contributed by atoms with Crippen LogP contribution in [0.15, 0.2) is 72.0 Å². The van der Waals surface area contributed by atoms with E-state index in [1.54, 1.807) is 25.4 Å². The van der Waals surface area contributed by atoms with Crippen LogP contribution in [0.3, 0.4) is 0 Å². The minimum atomic E-state index is -0.222. The highest BCUT2D eigenvalue weighted by Crippen LogP contribution is 2.18. The van der Waals surface area contributed by atoms with E-state index in [9.17, 15) is 4.39 Å². The van der Waals surface area contributed by atoms with E-state index in [1.807, 2.05) is 37.1 Å². The molecule has 0 aliphatic carbocycles. The van der Waals surface area contributed by atoms with Gasteiger partial charge in [0.1, 0.15) is 5.82 Å². The minimum Gasteiger partial charge on any atom is -0.356 e. The second-order valence-corrected chi connectivity index (χ2v) is 7.28. The Morgan fingerprint density at radius 1 is 1.13 bits per heavy atom. The van der Waals surface area contributed by atoms with Gasteiger partial charge in [0.05, 0.1) is 11.7 Å². The Kier molecular flexibility index (Phi) is 7.57. The van der Waals surface area contributed by atoms with Crippen LogP contribution in [0.5, 0.6) is 0 Å². The summed E-state index contributed by atoms with van der Waals surface area (Å²) in [5.41, 5.74) is 3.21. The number of rotatable bonds is 8. The number of hydrogen-bond acceptors (Lipinski definition) is 3. The molecule has 0 radical (unpaired) electrons. The van der Waals surface area contributed by atoms with Gasteiger partial charge in [0.25, 0.3) is 0 Å². The molecular formula is C23H29FN6. The van der Waals surface area contributed by atoms with E-state index in [0.29, 0.717) is 6.54 Å². The highest BCUT2D eigenvalue weighted by Gasteiger charge is 2.15. The fraction of sp³-hybridized carbons (Fsp3) is 0.304. The van der Waals surface area contributed by atoms with Crippen LogP contribution in [-0.2, 0) is 6.42 Å². The van der Waals surface area contributed by atoms with Crippen LogP contribution in [0, 0.1) is 5.82 Å². The van der Waals surface area contributed by atoms with E-state index in [4.69, 9.17) is 0 Å². The summed E-state index contributed by atoms with van der Waals surface area (Å²) in [6.45, 7) is 1.38. The van der Waals surface area contributed by atoms with Crippen molar-refractivity contribution in [3.8, 4) is 5.69 Å². The summed E-state index contributed by atoms with van der Waals surface area (Å²) in [5, 5.41) is 10.9. The second kappa shape index (κ2) is 10.5.